The predicted molar refractivity (Wildman–Crippen MR) is 95.2 cm³/mol. The van der Waals surface area contributed by atoms with Crippen molar-refractivity contribution in [3.05, 3.63) is 60.0 Å². The highest BCUT2D eigenvalue weighted by Crippen LogP contribution is 2.22. The summed E-state index contributed by atoms with van der Waals surface area (Å²) in [6.45, 7) is 2.32. The molecule has 0 N–H and O–H groups in total. The van der Waals surface area contributed by atoms with Gasteiger partial charge in [0.1, 0.15) is 5.82 Å². The van der Waals surface area contributed by atoms with Crippen molar-refractivity contribution in [2.45, 2.75) is 0 Å². The molecule has 25 heavy (non-hydrogen) atoms. The van der Waals surface area contributed by atoms with Gasteiger partial charge in [0, 0.05) is 38.6 Å². The van der Waals surface area contributed by atoms with Crippen LogP contribution >= 0.6 is 0 Å². The molecule has 0 unspecified atom stereocenters. The van der Waals surface area contributed by atoms with Crippen LogP contribution < -0.4 is 4.90 Å². The van der Waals surface area contributed by atoms with E-state index in [-0.39, 0.29) is 11.7 Å². The number of hydrogen-bond acceptors (Lipinski definition) is 3. The van der Waals surface area contributed by atoms with Crippen molar-refractivity contribution in [1.82, 2.24) is 14.7 Å². The van der Waals surface area contributed by atoms with E-state index in [2.05, 4.69) is 5.10 Å². The van der Waals surface area contributed by atoms with E-state index in [4.69, 9.17) is 0 Å². The lowest BCUT2D eigenvalue weighted by Gasteiger charge is -2.36. The second-order valence-corrected chi connectivity index (χ2v) is 6.22. The average Bonchev–Trinajstić information content (AvgIpc) is 2.99. The summed E-state index contributed by atoms with van der Waals surface area (Å²) in [5, 5.41) is 5.28. The summed E-state index contributed by atoms with van der Waals surface area (Å²) in [5.74, 6) is -0.289. The Morgan fingerprint density at radius 3 is 2.44 bits per heavy atom. The van der Waals surface area contributed by atoms with Crippen LogP contribution in [0.2, 0.25) is 0 Å². The number of nitrogens with zero attached hydrogens (tertiary/aromatic N) is 4. The van der Waals surface area contributed by atoms with Gasteiger partial charge in [-0.25, -0.2) is 4.39 Å². The first kappa shape index (κ1) is 15.6. The molecule has 0 saturated carbocycles. The number of anilines is 1. The number of halogens is 1. The Morgan fingerprint density at radius 1 is 1.00 bits per heavy atom. The summed E-state index contributed by atoms with van der Waals surface area (Å²) in [4.78, 5) is 16.7. The molecule has 4 rings (SSSR count). The van der Waals surface area contributed by atoms with Gasteiger partial charge in [0.2, 0.25) is 0 Å². The Bertz CT molecular complexity index is 928. The molecule has 1 amide bonds. The number of aryl methyl sites for hydroxylation is 1. The van der Waals surface area contributed by atoms with Gasteiger partial charge in [-0.2, -0.15) is 5.10 Å². The van der Waals surface area contributed by atoms with Crippen LogP contribution in [-0.4, -0.2) is 46.8 Å². The Morgan fingerprint density at radius 2 is 1.68 bits per heavy atom. The molecule has 1 saturated heterocycles. The minimum absolute atomic E-state index is 0.0648. The van der Waals surface area contributed by atoms with Gasteiger partial charge in [-0.3, -0.25) is 9.48 Å². The fourth-order valence-corrected chi connectivity index (χ4v) is 3.38. The summed E-state index contributed by atoms with van der Waals surface area (Å²) in [6.07, 6.45) is 0. The first-order chi connectivity index (χ1) is 12.1. The lowest BCUT2D eigenvalue weighted by Crippen LogP contribution is -2.49. The molecule has 1 fully saturated rings. The first-order valence-corrected chi connectivity index (χ1v) is 8.35. The van der Waals surface area contributed by atoms with Crippen LogP contribution in [0.3, 0.4) is 0 Å². The second kappa shape index (κ2) is 6.20. The van der Waals surface area contributed by atoms with Crippen molar-refractivity contribution in [2.24, 2.45) is 7.05 Å². The van der Waals surface area contributed by atoms with E-state index < -0.39 is 0 Å². The summed E-state index contributed by atoms with van der Waals surface area (Å²) in [5.41, 5.74) is 2.02. The number of para-hydroxylation sites is 2. The van der Waals surface area contributed by atoms with Crippen molar-refractivity contribution >= 4 is 22.5 Å². The van der Waals surface area contributed by atoms with Gasteiger partial charge in [0.15, 0.2) is 5.69 Å². The van der Waals surface area contributed by atoms with Gasteiger partial charge >= 0.3 is 0 Å². The molecule has 0 bridgehead atoms. The van der Waals surface area contributed by atoms with Gasteiger partial charge in [-0.1, -0.05) is 30.3 Å². The molecule has 5 nitrogen and oxygen atoms in total. The smallest absolute Gasteiger partial charge is 0.275 e. The second-order valence-electron chi connectivity index (χ2n) is 6.22. The van der Waals surface area contributed by atoms with E-state index in [1.165, 1.54) is 6.07 Å². The van der Waals surface area contributed by atoms with Gasteiger partial charge in [0.05, 0.1) is 11.2 Å². The van der Waals surface area contributed by atoms with Crippen molar-refractivity contribution in [2.75, 3.05) is 31.1 Å². The molecule has 3 aromatic rings. The minimum atomic E-state index is -0.224. The Balaban J connectivity index is 1.52. The normalized spacial score (nSPS) is 15.0. The molecular weight excluding hydrogens is 319 g/mol. The van der Waals surface area contributed by atoms with Crippen molar-refractivity contribution in [3.63, 3.8) is 0 Å². The zero-order valence-electron chi connectivity index (χ0n) is 14.0. The number of piperazine rings is 1. The van der Waals surface area contributed by atoms with Crippen molar-refractivity contribution in [3.8, 4) is 0 Å². The van der Waals surface area contributed by atoms with Crippen LogP contribution in [0.25, 0.3) is 10.9 Å². The third kappa shape index (κ3) is 2.73. The summed E-state index contributed by atoms with van der Waals surface area (Å²) >= 11 is 0. The SMILES string of the molecule is Cn1nc(C(=O)N2CCN(c3ccccc3F)CC2)c2ccccc21. The predicted octanol–water partition coefficient (Wildman–Crippen LogP) is 2.67. The molecule has 6 heteroatoms. The van der Waals surface area contributed by atoms with Crippen LogP contribution in [0.1, 0.15) is 10.5 Å². The van der Waals surface area contributed by atoms with E-state index in [1.54, 1.807) is 21.7 Å². The van der Waals surface area contributed by atoms with E-state index in [0.29, 0.717) is 37.6 Å². The Labute approximate surface area is 145 Å². The third-order valence-corrected chi connectivity index (χ3v) is 4.72. The maximum atomic E-state index is 13.9. The topological polar surface area (TPSA) is 41.4 Å². The fraction of sp³-hybridized carbons (Fsp3) is 0.263. The zero-order chi connectivity index (χ0) is 17.4. The van der Waals surface area contributed by atoms with Gasteiger partial charge in [0.25, 0.3) is 5.91 Å². The fourth-order valence-electron chi connectivity index (χ4n) is 3.38. The van der Waals surface area contributed by atoms with Gasteiger partial charge in [-0.15, -0.1) is 0 Å². The lowest BCUT2D eigenvalue weighted by molar-refractivity contribution is 0.0742. The molecule has 2 aromatic carbocycles. The molecule has 2 heterocycles. The van der Waals surface area contributed by atoms with Crippen LogP contribution in [0, 0.1) is 5.82 Å². The van der Waals surface area contributed by atoms with Gasteiger partial charge < -0.3 is 9.80 Å². The van der Waals surface area contributed by atoms with Crippen molar-refractivity contribution in [1.29, 1.82) is 0 Å². The van der Waals surface area contributed by atoms with E-state index in [0.717, 1.165) is 10.9 Å². The largest absolute Gasteiger partial charge is 0.366 e. The summed E-state index contributed by atoms with van der Waals surface area (Å²) < 4.78 is 15.7. The number of rotatable bonds is 2. The standard InChI is InChI=1S/C19H19FN4O/c1-22-16-8-4-2-6-14(16)18(21-22)19(25)24-12-10-23(11-13-24)17-9-5-3-7-15(17)20/h2-9H,10-13H2,1H3. The number of amides is 1. The minimum Gasteiger partial charge on any atom is -0.366 e. The van der Waals surface area contributed by atoms with Crippen molar-refractivity contribution < 1.29 is 9.18 Å². The Kier molecular flexibility index (Phi) is 3.87. The van der Waals surface area contributed by atoms with Gasteiger partial charge in [-0.05, 0) is 18.2 Å². The average molecular weight is 338 g/mol. The number of carbonyl (C=O) groups excluding carboxylic acids is 1. The highest BCUT2D eigenvalue weighted by atomic mass is 19.1. The molecule has 1 aliphatic heterocycles. The molecule has 0 atom stereocenters. The molecule has 1 aliphatic rings. The third-order valence-electron chi connectivity index (χ3n) is 4.72. The Hall–Kier alpha value is -2.89. The number of hydrogen-bond donors (Lipinski definition) is 0. The monoisotopic (exact) mass is 338 g/mol. The maximum Gasteiger partial charge on any atom is 0.275 e. The first-order valence-electron chi connectivity index (χ1n) is 8.35. The van der Waals surface area contributed by atoms with E-state index in [9.17, 15) is 9.18 Å². The number of benzene rings is 2. The van der Waals surface area contributed by atoms with E-state index in [1.807, 2.05) is 42.3 Å². The maximum absolute atomic E-state index is 13.9. The number of aromatic nitrogens is 2. The zero-order valence-corrected chi connectivity index (χ0v) is 14.0. The number of fused-ring (bicyclic) bond motifs is 1. The van der Waals surface area contributed by atoms with Crippen LogP contribution in [0.4, 0.5) is 10.1 Å². The molecular formula is C19H19FN4O. The molecule has 1 aromatic heterocycles. The number of carbonyl (C=O) groups is 1. The molecule has 128 valence electrons. The van der Waals surface area contributed by atoms with Crippen LogP contribution in [0.15, 0.2) is 48.5 Å². The van der Waals surface area contributed by atoms with Crippen LogP contribution in [0.5, 0.6) is 0 Å². The highest BCUT2D eigenvalue weighted by molar-refractivity contribution is 6.04. The van der Waals surface area contributed by atoms with Crippen LogP contribution in [-0.2, 0) is 7.05 Å². The molecule has 0 radical (unpaired) electrons. The summed E-state index contributed by atoms with van der Waals surface area (Å²) in [6, 6.07) is 14.5. The quantitative estimate of drug-likeness (QED) is 0.721. The lowest BCUT2D eigenvalue weighted by atomic mass is 10.1. The van der Waals surface area contributed by atoms with E-state index >= 15 is 0 Å². The summed E-state index contributed by atoms with van der Waals surface area (Å²) in [7, 11) is 1.84. The molecule has 0 spiro atoms. The highest BCUT2D eigenvalue weighted by Gasteiger charge is 2.26. The molecule has 0 aliphatic carbocycles.